The van der Waals surface area contributed by atoms with E-state index in [1.807, 2.05) is 12.1 Å². The summed E-state index contributed by atoms with van der Waals surface area (Å²) in [5, 5.41) is 3.31. The van der Waals surface area contributed by atoms with Crippen LogP contribution in [0.15, 0.2) is 37.8 Å². The first kappa shape index (κ1) is 14.8. The first-order chi connectivity index (χ1) is 9.52. The molecule has 20 heavy (non-hydrogen) atoms. The predicted octanol–water partition coefficient (Wildman–Crippen LogP) is 0.774. The predicted molar refractivity (Wildman–Crippen MR) is 78.4 cm³/mol. The van der Waals surface area contributed by atoms with E-state index in [1.165, 1.54) is 16.4 Å². The van der Waals surface area contributed by atoms with Crippen LogP contribution < -0.4 is 16.9 Å². The van der Waals surface area contributed by atoms with Crippen LogP contribution in [0.5, 0.6) is 0 Å². The molecule has 2 rings (SSSR count). The van der Waals surface area contributed by atoms with Crippen molar-refractivity contribution in [3.8, 4) is 0 Å². The van der Waals surface area contributed by atoms with Crippen LogP contribution in [-0.2, 0) is 13.5 Å². The van der Waals surface area contributed by atoms with Crippen LogP contribution in [0, 0.1) is 0 Å². The fourth-order valence-electron chi connectivity index (χ4n) is 1.66. The van der Waals surface area contributed by atoms with Crippen LogP contribution in [0.2, 0.25) is 5.02 Å². The molecule has 6 nitrogen and oxygen atoms in total. The minimum atomic E-state index is -0.821. The van der Waals surface area contributed by atoms with Gasteiger partial charge in [0.05, 0.1) is 5.02 Å². The smallest absolute Gasteiger partial charge is 0.330 e. The Labute approximate surface area is 124 Å². The summed E-state index contributed by atoms with van der Waals surface area (Å²) in [5.41, 5.74) is 4.98. The second kappa shape index (κ2) is 6.25. The first-order valence-corrected chi connectivity index (χ1v) is 7.05. The van der Waals surface area contributed by atoms with E-state index in [4.69, 9.17) is 17.3 Å². The number of hydrogen-bond acceptors (Lipinski definition) is 5. The van der Waals surface area contributed by atoms with Crippen molar-refractivity contribution in [3.05, 3.63) is 49.5 Å². The maximum Gasteiger partial charge on any atom is 0.339 e. The minimum Gasteiger partial charge on any atom is -0.330 e. The van der Waals surface area contributed by atoms with Crippen molar-refractivity contribution in [2.75, 3.05) is 6.54 Å². The zero-order valence-corrected chi connectivity index (χ0v) is 12.3. The summed E-state index contributed by atoms with van der Waals surface area (Å²) in [6.45, 7) is 0.492. The van der Waals surface area contributed by atoms with Crippen molar-refractivity contribution in [1.29, 1.82) is 0 Å². The third kappa shape index (κ3) is 3.12. The molecule has 3 N–H and O–H groups in total. The van der Waals surface area contributed by atoms with Crippen molar-refractivity contribution in [2.45, 2.75) is 16.5 Å². The zero-order chi connectivity index (χ0) is 14.7. The van der Waals surface area contributed by atoms with Gasteiger partial charge in [0.2, 0.25) is 0 Å². The summed E-state index contributed by atoms with van der Waals surface area (Å²) in [6, 6.07) is 5.52. The monoisotopic (exact) mass is 312 g/mol. The van der Waals surface area contributed by atoms with Gasteiger partial charge in [-0.05, 0) is 36.4 Å². The fraction of sp³-hybridized carbons (Fsp3) is 0.250. The molecule has 0 aliphatic carbocycles. The van der Waals surface area contributed by atoms with E-state index in [2.05, 4.69) is 10.1 Å². The van der Waals surface area contributed by atoms with Gasteiger partial charge < -0.3 is 5.73 Å². The number of halogens is 1. The number of aromatic amines is 1. The maximum atomic E-state index is 11.3. The summed E-state index contributed by atoms with van der Waals surface area (Å²) in [7, 11) is 1.61. The number of aromatic nitrogens is 3. The number of benzene rings is 1. The zero-order valence-electron chi connectivity index (χ0n) is 10.7. The van der Waals surface area contributed by atoms with Gasteiger partial charge in [-0.15, -0.1) is 0 Å². The molecule has 0 radical (unpaired) electrons. The van der Waals surface area contributed by atoms with Crippen LogP contribution in [0.25, 0.3) is 0 Å². The summed E-state index contributed by atoms with van der Waals surface area (Å²) < 4.78 is 1.39. The Kier molecular flexibility index (Phi) is 4.64. The third-order valence-corrected chi connectivity index (χ3v) is 4.26. The van der Waals surface area contributed by atoms with Crippen LogP contribution in [0.4, 0.5) is 0 Å². The van der Waals surface area contributed by atoms with Crippen LogP contribution in [0.3, 0.4) is 0 Å². The van der Waals surface area contributed by atoms with Crippen molar-refractivity contribution in [1.82, 2.24) is 14.8 Å². The van der Waals surface area contributed by atoms with Crippen LogP contribution in [-0.4, -0.2) is 21.3 Å². The number of hydrogen-bond donors (Lipinski definition) is 2. The molecule has 0 aliphatic heterocycles. The Hall–Kier alpha value is -1.57. The molecular formula is C12H13ClN4O2S. The molecule has 0 spiro atoms. The fourth-order valence-corrected chi connectivity index (χ4v) is 2.93. The molecule has 0 unspecified atom stereocenters. The lowest BCUT2D eigenvalue weighted by Crippen LogP contribution is -2.33. The van der Waals surface area contributed by atoms with Crippen LogP contribution >= 0.6 is 23.4 Å². The normalized spacial score (nSPS) is 10.8. The highest BCUT2D eigenvalue weighted by Crippen LogP contribution is 2.34. The number of nitrogens with one attached hydrogen (secondary N) is 1. The Bertz CT molecular complexity index is 741. The van der Waals surface area contributed by atoms with Gasteiger partial charge in [-0.1, -0.05) is 23.7 Å². The van der Waals surface area contributed by atoms with E-state index in [1.54, 1.807) is 13.1 Å². The second-order valence-electron chi connectivity index (χ2n) is 4.07. The van der Waals surface area contributed by atoms with Gasteiger partial charge in [0.25, 0.3) is 0 Å². The van der Waals surface area contributed by atoms with Gasteiger partial charge >= 0.3 is 11.1 Å². The van der Waals surface area contributed by atoms with Gasteiger partial charge in [0.1, 0.15) is 0 Å². The van der Waals surface area contributed by atoms with Crippen molar-refractivity contribution in [3.63, 3.8) is 0 Å². The third-order valence-electron chi connectivity index (χ3n) is 2.60. The SMILES string of the molecule is Cn1[nH]c(=O)c(=O)nc1Sc1c(Cl)cccc1CCN. The van der Waals surface area contributed by atoms with Gasteiger partial charge in [-0.25, -0.2) is 0 Å². The summed E-state index contributed by atoms with van der Waals surface area (Å²) in [6.07, 6.45) is 0.667. The van der Waals surface area contributed by atoms with E-state index >= 15 is 0 Å². The van der Waals surface area contributed by atoms with Crippen molar-refractivity contribution >= 4 is 23.4 Å². The number of aryl methyl sites for hydroxylation is 1. The summed E-state index contributed by atoms with van der Waals surface area (Å²) >= 11 is 7.41. The molecule has 0 fully saturated rings. The highest BCUT2D eigenvalue weighted by molar-refractivity contribution is 7.99. The first-order valence-electron chi connectivity index (χ1n) is 5.85. The van der Waals surface area contributed by atoms with Gasteiger partial charge in [0, 0.05) is 11.9 Å². The Morgan fingerprint density at radius 3 is 2.90 bits per heavy atom. The molecular weight excluding hydrogens is 300 g/mol. The van der Waals surface area contributed by atoms with Gasteiger partial charge in [-0.3, -0.25) is 19.4 Å². The molecule has 0 atom stereocenters. The maximum absolute atomic E-state index is 11.3. The number of H-pyrrole nitrogens is 1. The molecule has 0 saturated carbocycles. The van der Waals surface area contributed by atoms with E-state index < -0.39 is 11.1 Å². The number of rotatable bonds is 4. The highest BCUT2D eigenvalue weighted by Gasteiger charge is 2.12. The molecule has 0 amide bonds. The Morgan fingerprint density at radius 1 is 1.45 bits per heavy atom. The number of nitrogens with zero attached hydrogens (tertiary/aromatic N) is 2. The molecule has 0 saturated heterocycles. The quantitative estimate of drug-likeness (QED) is 0.814. The standard InChI is InChI=1S/C12H13ClN4O2S/c1-17-12(15-10(18)11(19)16-17)20-9-7(5-6-14)3-2-4-8(9)13/h2-4H,5-6,14H2,1H3,(H,16,19). The number of nitrogens with two attached hydrogens (primary N) is 1. The lowest BCUT2D eigenvalue weighted by atomic mass is 10.1. The molecule has 2 aromatic rings. The van der Waals surface area contributed by atoms with Gasteiger partial charge in [0.15, 0.2) is 5.16 Å². The average molecular weight is 313 g/mol. The lowest BCUT2D eigenvalue weighted by molar-refractivity contribution is 0.596. The summed E-state index contributed by atoms with van der Waals surface area (Å²) in [5.74, 6) is 0. The average Bonchev–Trinajstić information content (AvgIpc) is 2.40. The summed E-state index contributed by atoms with van der Waals surface area (Å²) in [4.78, 5) is 27.1. The minimum absolute atomic E-state index is 0.362. The Morgan fingerprint density at radius 2 is 2.20 bits per heavy atom. The molecule has 1 aromatic heterocycles. The molecule has 0 aliphatic rings. The lowest BCUT2D eigenvalue weighted by Gasteiger charge is -2.11. The van der Waals surface area contributed by atoms with E-state index in [0.717, 1.165) is 10.5 Å². The topological polar surface area (TPSA) is 93.8 Å². The Balaban J connectivity index is 2.47. The molecule has 1 heterocycles. The molecule has 8 heteroatoms. The highest BCUT2D eigenvalue weighted by atomic mass is 35.5. The van der Waals surface area contributed by atoms with Crippen molar-refractivity contribution < 1.29 is 0 Å². The van der Waals surface area contributed by atoms with Crippen molar-refractivity contribution in [2.24, 2.45) is 12.8 Å². The van der Waals surface area contributed by atoms with Gasteiger partial charge in [-0.2, -0.15) is 4.98 Å². The largest absolute Gasteiger partial charge is 0.339 e. The van der Waals surface area contributed by atoms with Crippen LogP contribution in [0.1, 0.15) is 5.56 Å². The molecule has 0 bridgehead atoms. The molecule has 106 valence electrons. The van der Waals surface area contributed by atoms with E-state index in [9.17, 15) is 9.59 Å². The second-order valence-corrected chi connectivity index (χ2v) is 5.45. The molecule has 1 aromatic carbocycles. The van der Waals surface area contributed by atoms with E-state index in [0.29, 0.717) is 23.1 Å². The van der Waals surface area contributed by atoms with E-state index in [-0.39, 0.29) is 0 Å².